The third kappa shape index (κ3) is 2.34. The summed E-state index contributed by atoms with van der Waals surface area (Å²) in [4.78, 5) is 13.2. The fraction of sp³-hybridized carbons (Fsp3) is 0.333. The first kappa shape index (κ1) is 12.5. The fourth-order valence-electron chi connectivity index (χ4n) is 1.19. The number of aldehydes is 1. The van der Waals surface area contributed by atoms with Crippen molar-refractivity contribution < 1.29 is 26.7 Å². The highest BCUT2D eigenvalue weighted by atomic mass is 19.4. The number of carbonyl (C=O) groups excluding carboxylic acids is 1. The van der Waals surface area contributed by atoms with Crippen LogP contribution in [0.25, 0.3) is 0 Å². The molecule has 0 saturated heterocycles. The molecule has 1 aromatic rings. The molecule has 0 spiro atoms. The van der Waals surface area contributed by atoms with Gasteiger partial charge in [-0.3, -0.25) is 4.79 Å². The van der Waals surface area contributed by atoms with Crippen LogP contribution in [0.2, 0.25) is 0 Å². The summed E-state index contributed by atoms with van der Waals surface area (Å²) >= 11 is 0. The molecule has 0 unspecified atom stereocenters. The topological polar surface area (TPSA) is 30.0 Å². The third-order valence-corrected chi connectivity index (χ3v) is 1.88. The van der Waals surface area contributed by atoms with Crippen LogP contribution in [0.15, 0.2) is 6.07 Å². The van der Waals surface area contributed by atoms with Crippen LogP contribution >= 0.6 is 0 Å². The predicted molar refractivity (Wildman–Crippen MR) is 44.3 cm³/mol. The molecule has 0 aromatic carbocycles. The van der Waals surface area contributed by atoms with Gasteiger partial charge in [0.1, 0.15) is 5.69 Å². The second kappa shape index (κ2) is 4.15. The molecule has 1 aromatic heterocycles. The van der Waals surface area contributed by atoms with Gasteiger partial charge in [0.25, 0.3) is 6.43 Å². The van der Waals surface area contributed by atoms with Crippen LogP contribution in [0.5, 0.6) is 0 Å². The smallest absolute Gasteiger partial charge is 0.298 e. The average molecular weight is 239 g/mol. The van der Waals surface area contributed by atoms with Crippen LogP contribution < -0.4 is 0 Å². The molecule has 0 radical (unpaired) electrons. The Kier molecular flexibility index (Phi) is 3.25. The Morgan fingerprint density at radius 2 is 1.94 bits per heavy atom. The molecule has 0 amide bonds. The van der Waals surface area contributed by atoms with E-state index in [1.165, 1.54) is 6.92 Å². The van der Waals surface area contributed by atoms with Gasteiger partial charge in [-0.05, 0) is 18.6 Å². The van der Waals surface area contributed by atoms with Gasteiger partial charge >= 0.3 is 6.18 Å². The monoisotopic (exact) mass is 239 g/mol. The molecular formula is C9H6F5NO. The lowest BCUT2D eigenvalue weighted by atomic mass is 10.1. The van der Waals surface area contributed by atoms with Crippen molar-refractivity contribution >= 4 is 6.29 Å². The molecule has 0 N–H and O–H groups in total. The maximum atomic E-state index is 12.3. The van der Waals surface area contributed by atoms with E-state index in [1.807, 2.05) is 0 Å². The van der Waals surface area contributed by atoms with E-state index in [-0.39, 0.29) is 11.8 Å². The summed E-state index contributed by atoms with van der Waals surface area (Å²) in [6.45, 7) is 1.17. The Morgan fingerprint density at radius 1 is 1.38 bits per heavy atom. The number of alkyl halides is 5. The Hall–Kier alpha value is -1.53. The molecule has 1 rings (SSSR count). The number of nitrogens with zero attached hydrogens (tertiary/aromatic N) is 1. The van der Waals surface area contributed by atoms with Gasteiger partial charge in [0.15, 0.2) is 12.0 Å². The Bertz CT molecular complexity index is 413. The number of pyridine rings is 1. The van der Waals surface area contributed by atoms with E-state index in [1.54, 1.807) is 0 Å². The van der Waals surface area contributed by atoms with Gasteiger partial charge in [0.05, 0.1) is 0 Å². The van der Waals surface area contributed by atoms with Crippen molar-refractivity contribution in [2.24, 2.45) is 0 Å². The van der Waals surface area contributed by atoms with Gasteiger partial charge in [-0.2, -0.15) is 13.2 Å². The minimum absolute atomic E-state index is 0.0575. The highest BCUT2D eigenvalue weighted by Gasteiger charge is 2.36. The first-order valence-electron chi connectivity index (χ1n) is 4.09. The molecule has 2 nitrogen and oxygen atoms in total. The highest BCUT2D eigenvalue weighted by Crippen LogP contribution is 2.32. The summed E-state index contributed by atoms with van der Waals surface area (Å²) < 4.78 is 61.7. The minimum atomic E-state index is -4.92. The summed E-state index contributed by atoms with van der Waals surface area (Å²) in [7, 11) is 0. The first-order valence-corrected chi connectivity index (χ1v) is 4.09. The number of hydrogen-bond acceptors (Lipinski definition) is 2. The zero-order valence-electron chi connectivity index (χ0n) is 7.98. The Balaban J connectivity index is 3.47. The van der Waals surface area contributed by atoms with Crippen LogP contribution in [0.4, 0.5) is 22.0 Å². The molecule has 1 heterocycles. The van der Waals surface area contributed by atoms with Crippen molar-refractivity contribution in [2.45, 2.75) is 19.5 Å². The van der Waals surface area contributed by atoms with Crippen molar-refractivity contribution in [3.63, 3.8) is 0 Å². The predicted octanol–water partition coefficient (Wildman–Crippen LogP) is 3.16. The maximum absolute atomic E-state index is 12.3. The van der Waals surface area contributed by atoms with Crippen molar-refractivity contribution in [1.82, 2.24) is 4.98 Å². The summed E-state index contributed by atoms with van der Waals surface area (Å²) in [5.74, 6) is 0. The first-order chi connectivity index (χ1) is 7.27. The van der Waals surface area contributed by atoms with Crippen molar-refractivity contribution in [3.05, 3.63) is 28.6 Å². The van der Waals surface area contributed by atoms with Gasteiger partial charge in [0, 0.05) is 5.56 Å². The zero-order valence-corrected chi connectivity index (χ0v) is 7.98. The SMILES string of the molecule is Cc1cc(C=O)c(C(F)(F)F)nc1C(F)F. The normalized spacial score (nSPS) is 11.9. The van der Waals surface area contributed by atoms with E-state index in [2.05, 4.69) is 4.98 Å². The number of rotatable bonds is 2. The molecule has 16 heavy (non-hydrogen) atoms. The summed E-state index contributed by atoms with van der Waals surface area (Å²) in [6.07, 6.45) is -8.09. The minimum Gasteiger partial charge on any atom is -0.298 e. The molecule has 0 bridgehead atoms. The van der Waals surface area contributed by atoms with Gasteiger partial charge in [-0.15, -0.1) is 0 Å². The van der Waals surface area contributed by atoms with Crippen LogP contribution in [0, 0.1) is 6.92 Å². The fourth-order valence-corrected chi connectivity index (χ4v) is 1.19. The van der Waals surface area contributed by atoms with Crippen LogP contribution in [-0.2, 0) is 6.18 Å². The van der Waals surface area contributed by atoms with Gasteiger partial charge in [0.2, 0.25) is 0 Å². The molecule has 0 saturated carbocycles. The second-order valence-corrected chi connectivity index (χ2v) is 3.04. The molecule has 0 aliphatic carbocycles. The largest absolute Gasteiger partial charge is 0.434 e. The molecule has 0 aliphatic rings. The van der Waals surface area contributed by atoms with E-state index in [0.717, 1.165) is 6.07 Å². The Morgan fingerprint density at radius 3 is 2.31 bits per heavy atom. The van der Waals surface area contributed by atoms with Crippen molar-refractivity contribution in [1.29, 1.82) is 0 Å². The lowest BCUT2D eigenvalue weighted by Gasteiger charge is -2.12. The summed E-state index contributed by atoms with van der Waals surface area (Å²) in [5.41, 5.74) is -3.43. The van der Waals surface area contributed by atoms with E-state index in [9.17, 15) is 26.7 Å². The van der Waals surface area contributed by atoms with E-state index in [0.29, 0.717) is 0 Å². The Labute approximate surface area is 87.1 Å². The van der Waals surface area contributed by atoms with Gasteiger partial charge in [-0.1, -0.05) is 0 Å². The van der Waals surface area contributed by atoms with Crippen LogP contribution in [-0.4, -0.2) is 11.3 Å². The number of halogens is 5. The quantitative estimate of drug-likeness (QED) is 0.586. The lowest BCUT2D eigenvalue weighted by molar-refractivity contribution is -0.141. The molecule has 88 valence electrons. The average Bonchev–Trinajstić information content (AvgIpc) is 2.14. The van der Waals surface area contributed by atoms with E-state index in [4.69, 9.17) is 0 Å². The van der Waals surface area contributed by atoms with E-state index < -0.39 is 29.6 Å². The standard InChI is InChI=1S/C9H6F5NO/c1-4-2-5(3-16)7(9(12,13)14)15-6(4)8(10)11/h2-3,8H,1H3. The van der Waals surface area contributed by atoms with Crippen molar-refractivity contribution in [2.75, 3.05) is 0 Å². The third-order valence-electron chi connectivity index (χ3n) is 1.88. The van der Waals surface area contributed by atoms with Gasteiger partial charge in [-0.25, -0.2) is 13.8 Å². The summed E-state index contributed by atoms with van der Waals surface area (Å²) in [6, 6.07) is 0.754. The second-order valence-electron chi connectivity index (χ2n) is 3.04. The van der Waals surface area contributed by atoms with Gasteiger partial charge < -0.3 is 0 Å². The maximum Gasteiger partial charge on any atom is 0.434 e. The number of carbonyl (C=O) groups is 1. The van der Waals surface area contributed by atoms with E-state index >= 15 is 0 Å². The lowest BCUT2D eigenvalue weighted by Crippen LogP contribution is -2.14. The molecule has 0 aliphatic heterocycles. The molecular weight excluding hydrogens is 233 g/mol. The molecule has 7 heteroatoms. The summed E-state index contributed by atoms with van der Waals surface area (Å²) in [5, 5.41) is 0. The van der Waals surface area contributed by atoms with Crippen LogP contribution in [0.3, 0.4) is 0 Å². The van der Waals surface area contributed by atoms with Crippen molar-refractivity contribution in [3.8, 4) is 0 Å². The molecule has 0 fully saturated rings. The zero-order chi connectivity index (χ0) is 12.5. The van der Waals surface area contributed by atoms with Crippen LogP contribution in [0.1, 0.15) is 33.7 Å². The number of hydrogen-bond donors (Lipinski definition) is 0. The molecule has 0 atom stereocenters. The number of aromatic nitrogens is 1. The highest BCUT2D eigenvalue weighted by molar-refractivity contribution is 5.77. The number of aryl methyl sites for hydroxylation is 1.